The van der Waals surface area contributed by atoms with E-state index in [-0.39, 0.29) is 11.5 Å². The lowest BCUT2D eigenvalue weighted by molar-refractivity contribution is -0.254. The summed E-state index contributed by atoms with van der Waals surface area (Å²) < 4.78 is 0. The molecule has 0 radical (unpaired) electrons. The number of thiophene rings is 1. The first kappa shape index (κ1) is 14.8. The van der Waals surface area contributed by atoms with E-state index in [2.05, 4.69) is 12.2 Å². The maximum absolute atomic E-state index is 12.2. The Balaban J connectivity index is 1.94. The number of carbonyl (C=O) groups excluding carboxylic acids is 2. The Kier molecular flexibility index (Phi) is 3.98. The Morgan fingerprint density at radius 3 is 2.68 bits per heavy atom. The van der Waals surface area contributed by atoms with Gasteiger partial charge in [-0.1, -0.05) is 25.1 Å². The normalized spacial score (nSPS) is 16.9. The summed E-state index contributed by atoms with van der Waals surface area (Å²) in [5.41, 5.74) is 1.51. The fraction of sp³-hybridized carbons (Fsp3) is 0.294. The van der Waals surface area contributed by atoms with Crippen LogP contribution < -0.4 is 10.4 Å². The highest BCUT2D eigenvalue weighted by Crippen LogP contribution is 2.39. The van der Waals surface area contributed by atoms with Crippen molar-refractivity contribution in [1.82, 2.24) is 0 Å². The van der Waals surface area contributed by atoms with Crippen LogP contribution in [0.25, 0.3) is 0 Å². The minimum absolute atomic E-state index is 0.163. The Bertz CT molecular complexity index is 721. The van der Waals surface area contributed by atoms with Gasteiger partial charge in [-0.05, 0) is 42.9 Å². The van der Waals surface area contributed by atoms with Crippen LogP contribution in [0.4, 0.5) is 5.00 Å². The summed E-state index contributed by atoms with van der Waals surface area (Å²) in [7, 11) is 0. The number of carboxylic acids is 1. The largest absolute Gasteiger partial charge is 0.545 e. The van der Waals surface area contributed by atoms with Gasteiger partial charge in [0.25, 0.3) is 5.91 Å². The minimum atomic E-state index is -1.21. The van der Waals surface area contributed by atoms with E-state index in [9.17, 15) is 14.7 Å². The van der Waals surface area contributed by atoms with Crippen molar-refractivity contribution in [2.24, 2.45) is 5.92 Å². The Morgan fingerprint density at radius 1 is 1.27 bits per heavy atom. The Morgan fingerprint density at radius 2 is 2.00 bits per heavy atom. The summed E-state index contributed by atoms with van der Waals surface area (Å²) in [5.74, 6) is -0.969. The van der Waals surface area contributed by atoms with Crippen LogP contribution >= 0.6 is 11.3 Å². The smallest absolute Gasteiger partial charge is 0.256 e. The third kappa shape index (κ3) is 2.76. The molecule has 1 atom stereocenters. The van der Waals surface area contributed by atoms with E-state index < -0.39 is 5.97 Å². The van der Waals surface area contributed by atoms with Crippen LogP contribution in [0.15, 0.2) is 30.3 Å². The first-order valence-electron chi connectivity index (χ1n) is 7.28. The standard InChI is InChI=1S/C17H17NO3S/c1-10-7-8-12-13(9-10)22-16(14(12)17(20)21)18-15(19)11-5-3-2-4-6-11/h2-6,10H,7-9H2,1H3,(H,18,19)(H,20,21)/p-1/t10-/m0/s1. The molecule has 1 heterocycles. The summed E-state index contributed by atoms with van der Waals surface area (Å²) in [6.07, 6.45) is 2.56. The fourth-order valence-electron chi connectivity index (χ4n) is 2.82. The maximum Gasteiger partial charge on any atom is 0.256 e. The van der Waals surface area contributed by atoms with Crippen LogP contribution in [0, 0.1) is 5.92 Å². The van der Waals surface area contributed by atoms with Crippen molar-refractivity contribution >= 4 is 28.2 Å². The molecule has 0 spiro atoms. The number of hydrogen-bond donors (Lipinski definition) is 1. The van der Waals surface area contributed by atoms with Crippen molar-refractivity contribution in [2.45, 2.75) is 26.2 Å². The van der Waals surface area contributed by atoms with Crippen molar-refractivity contribution in [1.29, 1.82) is 0 Å². The Labute approximate surface area is 132 Å². The van der Waals surface area contributed by atoms with E-state index in [0.717, 1.165) is 29.7 Å². The molecule has 4 nitrogen and oxygen atoms in total. The first-order valence-corrected chi connectivity index (χ1v) is 8.10. The van der Waals surface area contributed by atoms with Gasteiger partial charge in [0.15, 0.2) is 0 Å². The molecule has 0 saturated carbocycles. The molecule has 0 aliphatic heterocycles. The van der Waals surface area contributed by atoms with E-state index in [4.69, 9.17) is 0 Å². The lowest BCUT2D eigenvalue weighted by Crippen LogP contribution is -2.26. The molecule has 1 amide bonds. The van der Waals surface area contributed by atoms with E-state index >= 15 is 0 Å². The highest BCUT2D eigenvalue weighted by molar-refractivity contribution is 7.17. The number of benzene rings is 1. The highest BCUT2D eigenvalue weighted by atomic mass is 32.1. The zero-order chi connectivity index (χ0) is 15.7. The van der Waals surface area contributed by atoms with Gasteiger partial charge in [-0.25, -0.2) is 0 Å². The van der Waals surface area contributed by atoms with Crippen LogP contribution in [-0.2, 0) is 12.8 Å². The van der Waals surface area contributed by atoms with Crippen LogP contribution in [0.1, 0.15) is 44.5 Å². The molecule has 1 aromatic heterocycles. The molecule has 114 valence electrons. The Hall–Kier alpha value is -2.14. The summed E-state index contributed by atoms with van der Waals surface area (Å²) in [6.45, 7) is 2.16. The van der Waals surface area contributed by atoms with E-state index in [1.54, 1.807) is 24.3 Å². The van der Waals surface area contributed by atoms with Gasteiger partial charge in [0.2, 0.25) is 0 Å². The molecular formula is C17H16NO3S-. The highest BCUT2D eigenvalue weighted by Gasteiger charge is 2.25. The predicted octanol–water partition coefficient (Wildman–Crippen LogP) is 2.49. The lowest BCUT2D eigenvalue weighted by Gasteiger charge is -2.19. The van der Waals surface area contributed by atoms with Crippen molar-refractivity contribution in [3.05, 3.63) is 51.9 Å². The van der Waals surface area contributed by atoms with Crippen LogP contribution in [0.3, 0.4) is 0 Å². The second-order valence-corrected chi connectivity index (χ2v) is 6.77. The zero-order valence-corrected chi connectivity index (χ0v) is 13.0. The molecule has 2 aromatic rings. The molecule has 0 unspecified atom stereocenters. The number of carbonyl (C=O) groups is 2. The molecule has 3 rings (SSSR count). The molecule has 5 heteroatoms. The van der Waals surface area contributed by atoms with Gasteiger partial charge in [-0.3, -0.25) is 4.79 Å². The molecule has 1 aromatic carbocycles. The number of amides is 1. The van der Waals surface area contributed by atoms with E-state index in [1.807, 2.05) is 6.07 Å². The number of fused-ring (bicyclic) bond motifs is 1. The van der Waals surface area contributed by atoms with Gasteiger partial charge in [0.1, 0.15) is 5.00 Å². The number of carboxylic acid groups (broad SMARTS) is 1. The molecule has 0 fully saturated rings. The number of aromatic carboxylic acids is 1. The van der Waals surface area contributed by atoms with Crippen molar-refractivity contribution in [3.8, 4) is 0 Å². The first-order chi connectivity index (χ1) is 10.6. The van der Waals surface area contributed by atoms with Crippen molar-refractivity contribution in [3.63, 3.8) is 0 Å². The summed E-state index contributed by atoms with van der Waals surface area (Å²) in [6, 6.07) is 8.77. The lowest BCUT2D eigenvalue weighted by atomic mass is 9.88. The van der Waals surface area contributed by atoms with Gasteiger partial charge >= 0.3 is 0 Å². The van der Waals surface area contributed by atoms with Crippen LogP contribution in [0.2, 0.25) is 0 Å². The zero-order valence-electron chi connectivity index (χ0n) is 12.2. The molecule has 0 bridgehead atoms. The fourth-order valence-corrected chi connectivity index (χ4v) is 4.21. The topological polar surface area (TPSA) is 69.2 Å². The van der Waals surface area contributed by atoms with Crippen molar-refractivity contribution < 1.29 is 14.7 Å². The number of nitrogens with one attached hydrogen (secondary N) is 1. The van der Waals surface area contributed by atoms with Gasteiger partial charge in [0, 0.05) is 16.0 Å². The van der Waals surface area contributed by atoms with Crippen LogP contribution in [-0.4, -0.2) is 11.9 Å². The predicted molar refractivity (Wildman–Crippen MR) is 84.2 cm³/mol. The number of anilines is 1. The molecule has 0 saturated heterocycles. The van der Waals surface area contributed by atoms with Gasteiger partial charge in [-0.15, -0.1) is 11.3 Å². The molecule has 1 N–H and O–H groups in total. The third-order valence-corrected chi connectivity index (χ3v) is 5.15. The third-order valence-electron chi connectivity index (χ3n) is 3.98. The summed E-state index contributed by atoms with van der Waals surface area (Å²) in [4.78, 5) is 24.8. The summed E-state index contributed by atoms with van der Waals surface area (Å²) >= 11 is 1.36. The van der Waals surface area contributed by atoms with Gasteiger partial charge in [0.05, 0.1) is 5.97 Å². The number of rotatable bonds is 3. The monoisotopic (exact) mass is 314 g/mol. The van der Waals surface area contributed by atoms with E-state index in [1.165, 1.54) is 11.3 Å². The maximum atomic E-state index is 12.2. The average Bonchev–Trinajstić information content (AvgIpc) is 2.85. The quantitative estimate of drug-likeness (QED) is 0.946. The molecule has 22 heavy (non-hydrogen) atoms. The second-order valence-electron chi connectivity index (χ2n) is 5.66. The molecule has 1 aliphatic rings. The SMILES string of the molecule is C[C@H]1CCc2c(sc(NC(=O)c3ccccc3)c2C(=O)[O-])C1. The molecular weight excluding hydrogens is 298 g/mol. The average molecular weight is 314 g/mol. The van der Waals surface area contributed by atoms with Crippen LogP contribution in [0.5, 0.6) is 0 Å². The van der Waals surface area contributed by atoms with E-state index in [0.29, 0.717) is 16.5 Å². The second kappa shape index (κ2) is 5.93. The summed E-state index contributed by atoms with van der Waals surface area (Å²) in [5, 5.41) is 14.6. The van der Waals surface area contributed by atoms with Gasteiger partial charge < -0.3 is 15.2 Å². The van der Waals surface area contributed by atoms with Gasteiger partial charge in [-0.2, -0.15) is 0 Å². The molecule has 1 aliphatic carbocycles. The number of hydrogen-bond acceptors (Lipinski definition) is 4. The minimum Gasteiger partial charge on any atom is -0.545 e. The van der Waals surface area contributed by atoms with Crippen molar-refractivity contribution in [2.75, 3.05) is 5.32 Å².